The van der Waals surface area contributed by atoms with Gasteiger partial charge in [0, 0.05) is 29.8 Å². The summed E-state index contributed by atoms with van der Waals surface area (Å²) in [7, 11) is 0. The molecule has 0 amide bonds. The number of thiocarbonyl (C=S) groups is 1. The number of nitrogens with one attached hydrogen (secondary N) is 1. The summed E-state index contributed by atoms with van der Waals surface area (Å²) in [6.45, 7) is 1.99. The summed E-state index contributed by atoms with van der Waals surface area (Å²) in [4.78, 5) is 12.6. The normalized spacial score (nSPS) is 24.6. The summed E-state index contributed by atoms with van der Waals surface area (Å²) in [6.07, 6.45) is 0.635. The smallest absolute Gasteiger partial charge is 0.270 e. The van der Waals surface area contributed by atoms with Gasteiger partial charge in [-0.25, -0.2) is 0 Å². The highest BCUT2D eigenvalue weighted by atomic mass is 32.1. The molecule has 1 fully saturated rings. The Hall–Kier alpha value is -2.67. The number of fused-ring (bicyclic) bond motifs is 4. The summed E-state index contributed by atoms with van der Waals surface area (Å²) in [5.74, 6) is 0.648. The highest BCUT2D eigenvalue weighted by Gasteiger charge is 2.48. The SMILES string of the molecule is CC12CC(NC(=S)N1c1ccccc1)c1cc([N+](=O)[O-])ccc1O2. The Morgan fingerprint density at radius 3 is 2.79 bits per heavy atom. The molecule has 0 spiro atoms. The molecule has 2 aliphatic rings. The maximum Gasteiger partial charge on any atom is 0.270 e. The van der Waals surface area contributed by atoms with E-state index in [2.05, 4.69) is 5.32 Å². The summed E-state index contributed by atoms with van der Waals surface area (Å²) in [5.41, 5.74) is 1.13. The molecule has 122 valence electrons. The van der Waals surface area contributed by atoms with Gasteiger partial charge in [-0.3, -0.25) is 15.0 Å². The van der Waals surface area contributed by atoms with Crippen molar-refractivity contribution in [2.45, 2.75) is 25.1 Å². The van der Waals surface area contributed by atoms with Gasteiger partial charge in [-0.2, -0.15) is 0 Å². The third-order valence-electron chi connectivity index (χ3n) is 4.48. The van der Waals surface area contributed by atoms with Crippen LogP contribution in [0.4, 0.5) is 11.4 Å². The summed E-state index contributed by atoms with van der Waals surface area (Å²) < 4.78 is 6.24. The van der Waals surface area contributed by atoms with E-state index in [4.69, 9.17) is 17.0 Å². The predicted molar refractivity (Wildman–Crippen MR) is 94.1 cm³/mol. The Kier molecular flexibility index (Phi) is 3.21. The third kappa shape index (κ3) is 2.20. The van der Waals surface area contributed by atoms with E-state index in [1.807, 2.05) is 42.2 Å². The Labute approximate surface area is 144 Å². The zero-order chi connectivity index (χ0) is 16.9. The number of anilines is 1. The Balaban J connectivity index is 1.79. The van der Waals surface area contributed by atoms with Crippen molar-refractivity contribution < 1.29 is 9.66 Å². The van der Waals surface area contributed by atoms with E-state index in [9.17, 15) is 10.1 Å². The monoisotopic (exact) mass is 341 g/mol. The minimum Gasteiger partial charge on any atom is -0.467 e. The number of nitrogens with zero attached hydrogens (tertiary/aromatic N) is 2. The number of hydrogen-bond acceptors (Lipinski definition) is 4. The average Bonchev–Trinajstić information content (AvgIpc) is 2.54. The number of para-hydroxylation sites is 1. The van der Waals surface area contributed by atoms with Gasteiger partial charge >= 0.3 is 0 Å². The first kappa shape index (κ1) is 14.9. The molecule has 0 aromatic heterocycles. The Morgan fingerprint density at radius 1 is 1.33 bits per heavy atom. The molecule has 4 rings (SSSR count). The second kappa shape index (κ2) is 5.17. The maximum atomic E-state index is 11.0. The Bertz CT molecular complexity index is 842. The van der Waals surface area contributed by atoms with Crippen LogP contribution in [0.5, 0.6) is 5.75 Å². The van der Waals surface area contributed by atoms with E-state index in [0.717, 1.165) is 11.3 Å². The molecule has 7 heteroatoms. The van der Waals surface area contributed by atoms with Crippen LogP contribution < -0.4 is 15.0 Å². The third-order valence-corrected chi connectivity index (χ3v) is 4.78. The number of rotatable bonds is 2. The molecular formula is C17H15N3O3S. The standard InChI is InChI=1S/C17H15N3O3S/c1-17-10-14(13-9-12(20(21)22)7-8-15(13)23-17)18-16(24)19(17)11-5-3-2-4-6-11/h2-9,14H,10H2,1H3,(H,18,24). The van der Waals surface area contributed by atoms with E-state index in [1.165, 1.54) is 6.07 Å². The summed E-state index contributed by atoms with van der Waals surface area (Å²) in [6, 6.07) is 14.4. The van der Waals surface area contributed by atoms with Gasteiger partial charge in [0.1, 0.15) is 5.75 Å². The minimum absolute atomic E-state index is 0.0548. The van der Waals surface area contributed by atoms with E-state index in [-0.39, 0.29) is 11.7 Å². The lowest BCUT2D eigenvalue weighted by Crippen LogP contribution is -2.65. The number of ether oxygens (including phenoxy) is 1. The largest absolute Gasteiger partial charge is 0.467 e. The number of hydrogen-bond donors (Lipinski definition) is 1. The van der Waals surface area contributed by atoms with Gasteiger partial charge in [-0.05, 0) is 37.3 Å². The van der Waals surface area contributed by atoms with Gasteiger partial charge in [-0.15, -0.1) is 0 Å². The lowest BCUT2D eigenvalue weighted by Gasteiger charge is -2.52. The van der Waals surface area contributed by atoms with Crippen LogP contribution in [-0.2, 0) is 0 Å². The quantitative estimate of drug-likeness (QED) is 0.512. The van der Waals surface area contributed by atoms with Gasteiger partial charge in [0.2, 0.25) is 0 Å². The fourth-order valence-electron chi connectivity index (χ4n) is 3.44. The number of benzene rings is 2. The van der Waals surface area contributed by atoms with Crippen LogP contribution in [0.3, 0.4) is 0 Å². The summed E-state index contributed by atoms with van der Waals surface area (Å²) in [5, 5.41) is 14.9. The lowest BCUT2D eigenvalue weighted by atomic mass is 9.90. The van der Waals surface area contributed by atoms with Crippen molar-refractivity contribution in [2.24, 2.45) is 0 Å². The van der Waals surface area contributed by atoms with E-state index in [0.29, 0.717) is 17.3 Å². The van der Waals surface area contributed by atoms with Gasteiger partial charge in [0.25, 0.3) is 5.69 Å². The second-order valence-corrected chi connectivity index (χ2v) is 6.52. The molecule has 0 radical (unpaired) electrons. The molecule has 2 bridgehead atoms. The number of nitro groups is 1. The molecule has 0 aliphatic carbocycles. The Morgan fingerprint density at radius 2 is 2.08 bits per heavy atom. The predicted octanol–water partition coefficient (Wildman–Crippen LogP) is 3.53. The molecule has 24 heavy (non-hydrogen) atoms. The molecule has 2 heterocycles. The minimum atomic E-state index is -0.641. The van der Waals surface area contributed by atoms with Crippen molar-refractivity contribution in [1.82, 2.24) is 5.32 Å². The van der Waals surface area contributed by atoms with Crippen LogP contribution in [0.15, 0.2) is 48.5 Å². The van der Waals surface area contributed by atoms with Crippen molar-refractivity contribution >= 4 is 28.7 Å². The van der Waals surface area contributed by atoms with Crippen LogP contribution in [0, 0.1) is 10.1 Å². The van der Waals surface area contributed by atoms with Crippen molar-refractivity contribution in [3.8, 4) is 5.75 Å². The van der Waals surface area contributed by atoms with Gasteiger partial charge in [0.05, 0.1) is 11.0 Å². The highest BCUT2D eigenvalue weighted by molar-refractivity contribution is 7.80. The average molecular weight is 341 g/mol. The lowest BCUT2D eigenvalue weighted by molar-refractivity contribution is -0.385. The van der Waals surface area contributed by atoms with Crippen LogP contribution in [0.1, 0.15) is 24.9 Å². The first-order valence-electron chi connectivity index (χ1n) is 7.61. The van der Waals surface area contributed by atoms with Crippen LogP contribution in [0.25, 0.3) is 0 Å². The van der Waals surface area contributed by atoms with Crippen molar-refractivity contribution in [3.63, 3.8) is 0 Å². The fraction of sp³-hybridized carbons (Fsp3) is 0.235. The van der Waals surface area contributed by atoms with Gasteiger partial charge < -0.3 is 10.1 Å². The molecule has 1 saturated heterocycles. The summed E-state index contributed by atoms with van der Waals surface area (Å²) >= 11 is 5.55. The number of non-ortho nitro benzene ring substituents is 1. The topological polar surface area (TPSA) is 67.6 Å². The molecule has 2 aromatic carbocycles. The number of nitro benzene ring substituents is 1. The first-order chi connectivity index (χ1) is 11.5. The van der Waals surface area contributed by atoms with E-state index < -0.39 is 10.6 Å². The van der Waals surface area contributed by atoms with Crippen LogP contribution in [-0.4, -0.2) is 15.8 Å². The van der Waals surface area contributed by atoms with Gasteiger partial charge in [0.15, 0.2) is 10.8 Å². The van der Waals surface area contributed by atoms with Crippen LogP contribution >= 0.6 is 12.2 Å². The molecule has 2 aromatic rings. The highest BCUT2D eigenvalue weighted by Crippen LogP contribution is 2.46. The van der Waals surface area contributed by atoms with Crippen LogP contribution in [0.2, 0.25) is 0 Å². The maximum absolute atomic E-state index is 11.0. The first-order valence-corrected chi connectivity index (χ1v) is 8.02. The van der Waals surface area contributed by atoms with Gasteiger partial charge in [-0.1, -0.05) is 18.2 Å². The molecule has 2 aliphatic heterocycles. The van der Waals surface area contributed by atoms with Crippen molar-refractivity contribution in [3.05, 3.63) is 64.2 Å². The fourth-order valence-corrected chi connectivity index (χ4v) is 3.88. The molecule has 2 unspecified atom stereocenters. The zero-order valence-corrected chi connectivity index (χ0v) is 13.7. The molecule has 6 nitrogen and oxygen atoms in total. The second-order valence-electron chi connectivity index (χ2n) is 6.13. The molecule has 2 atom stereocenters. The van der Waals surface area contributed by atoms with Crippen molar-refractivity contribution in [1.29, 1.82) is 0 Å². The van der Waals surface area contributed by atoms with E-state index >= 15 is 0 Å². The molecule has 0 saturated carbocycles. The zero-order valence-electron chi connectivity index (χ0n) is 12.9. The van der Waals surface area contributed by atoms with E-state index in [1.54, 1.807) is 12.1 Å². The van der Waals surface area contributed by atoms with Crippen molar-refractivity contribution in [2.75, 3.05) is 4.90 Å². The molecule has 1 N–H and O–H groups in total. The molecular weight excluding hydrogens is 326 g/mol.